The largest absolute Gasteiger partial charge is 0.498 e. The van der Waals surface area contributed by atoms with Crippen molar-refractivity contribution in [3.8, 4) is 0 Å². The molecule has 0 N–H and O–H groups in total. The van der Waals surface area contributed by atoms with E-state index in [0.29, 0.717) is 5.46 Å². The second kappa shape index (κ2) is 3.94. The van der Waals surface area contributed by atoms with Crippen molar-refractivity contribution in [1.29, 1.82) is 0 Å². The lowest BCUT2D eigenvalue weighted by atomic mass is 9.80. The fraction of sp³-hybridized carbons (Fsp3) is 0.545. The number of aromatic nitrogens is 1. The number of hydrogen-bond donors (Lipinski definition) is 0. The van der Waals surface area contributed by atoms with Gasteiger partial charge < -0.3 is 9.31 Å². The predicted molar refractivity (Wildman–Crippen MR) is 64.9 cm³/mol. The van der Waals surface area contributed by atoms with E-state index >= 15 is 0 Å². The summed E-state index contributed by atoms with van der Waals surface area (Å²) in [6.45, 7) is 7.70. The molecule has 1 aliphatic heterocycles. The van der Waals surface area contributed by atoms with Gasteiger partial charge in [0, 0.05) is 5.46 Å². The molecule has 1 aromatic rings. The Bertz CT molecular complexity index is 437. The standard InChI is InChI=1S/C11H14BClFNO2/c1-10(2)11(3,4)17-12(16-10)8-5-7(14)6-15-9(8)13/h5-6H,1-4H3. The summed E-state index contributed by atoms with van der Waals surface area (Å²) >= 11 is 5.92. The second-order valence-electron chi connectivity index (χ2n) is 5.12. The minimum Gasteiger partial charge on any atom is -0.399 e. The fourth-order valence-corrected chi connectivity index (χ4v) is 1.77. The van der Waals surface area contributed by atoms with Crippen LogP contribution in [-0.4, -0.2) is 23.3 Å². The quantitative estimate of drug-likeness (QED) is 0.571. The summed E-state index contributed by atoms with van der Waals surface area (Å²) < 4.78 is 24.7. The van der Waals surface area contributed by atoms with Crippen LogP contribution >= 0.6 is 11.6 Å². The summed E-state index contributed by atoms with van der Waals surface area (Å²) in [5.74, 6) is -0.459. The highest BCUT2D eigenvalue weighted by molar-refractivity contribution is 6.65. The highest BCUT2D eigenvalue weighted by atomic mass is 35.5. The van der Waals surface area contributed by atoms with E-state index < -0.39 is 24.1 Å². The van der Waals surface area contributed by atoms with E-state index in [1.165, 1.54) is 6.07 Å². The van der Waals surface area contributed by atoms with E-state index in [9.17, 15) is 4.39 Å². The molecule has 92 valence electrons. The Kier molecular flexibility index (Phi) is 2.96. The lowest BCUT2D eigenvalue weighted by molar-refractivity contribution is 0.00578. The third-order valence-corrected chi connectivity index (χ3v) is 3.66. The van der Waals surface area contributed by atoms with Crippen LogP contribution in [0.3, 0.4) is 0 Å². The second-order valence-corrected chi connectivity index (χ2v) is 5.48. The summed E-state index contributed by atoms with van der Waals surface area (Å²) in [6.07, 6.45) is 1.07. The SMILES string of the molecule is CC1(C)OB(c2cc(F)cnc2Cl)OC1(C)C. The number of nitrogens with zero attached hydrogens (tertiary/aromatic N) is 1. The minimum absolute atomic E-state index is 0.199. The molecule has 17 heavy (non-hydrogen) atoms. The maximum atomic E-state index is 13.2. The molecule has 0 aliphatic carbocycles. The molecule has 1 aromatic heterocycles. The van der Waals surface area contributed by atoms with Gasteiger partial charge in [-0.2, -0.15) is 0 Å². The average molecular weight is 258 g/mol. The van der Waals surface area contributed by atoms with Crippen molar-refractivity contribution in [2.24, 2.45) is 0 Å². The summed E-state index contributed by atoms with van der Waals surface area (Å²) in [6, 6.07) is 1.29. The molecule has 0 saturated carbocycles. The molecule has 0 radical (unpaired) electrons. The van der Waals surface area contributed by atoms with Crippen molar-refractivity contribution < 1.29 is 13.7 Å². The van der Waals surface area contributed by atoms with Crippen molar-refractivity contribution in [1.82, 2.24) is 4.98 Å². The molecule has 0 atom stereocenters. The molecule has 0 bridgehead atoms. The Morgan fingerprint density at radius 1 is 1.24 bits per heavy atom. The minimum atomic E-state index is -0.685. The summed E-state index contributed by atoms with van der Waals surface area (Å²) in [7, 11) is -0.685. The Labute approximate surface area is 105 Å². The van der Waals surface area contributed by atoms with Gasteiger partial charge in [0.25, 0.3) is 0 Å². The van der Waals surface area contributed by atoms with Gasteiger partial charge in [-0.3, -0.25) is 0 Å². The molecule has 1 fully saturated rings. The summed E-state index contributed by atoms with van der Waals surface area (Å²) in [5, 5.41) is 0.199. The number of halogens is 2. The first-order chi connectivity index (χ1) is 7.73. The van der Waals surface area contributed by atoms with Crippen molar-refractivity contribution in [3.05, 3.63) is 23.2 Å². The molecule has 0 unspecified atom stereocenters. The lowest BCUT2D eigenvalue weighted by Gasteiger charge is -2.32. The van der Waals surface area contributed by atoms with E-state index in [2.05, 4.69) is 4.98 Å². The molecule has 1 aliphatic rings. The van der Waals surface area contributed by atoms with Crippen LogP contribution < -0.4 is 5.46 Å². The van der Waals surface area contributed by atoms with Crippen molar-refractivity contribution in [3.63, 3.8) is 0 Å². The molecule has 3 nitrogen and oxygen atoms in total. The van der Waals surface area contributed by atoms with Crippen molar-refractivity contribution in [2.75, 3.05) is 0 Å². The van der Waals surface area contributed by atoms with Gasteiger partial charge in [0.1, 0.15) is 11.0 Å². The molecule has 2 heterocycles. The number of rotatable bonds is 1. The van der Waals surface area contributed by atoms with Crippen LogP contribution in [0, 0.1) is 5.82 Å². The van der Waals surface area contributed by atoms with E-state index in [-0.39, 0.29) is 5.15 Å². The Morgan fingerprint density at radius 2 is 1.76 bits per heavy atom. The maximum absolute atomic E-state index is 13.2. The smallest absolute Gasteiger partial charge is 0.399 e. The zero-order valence-electron chi connectivity index (χ0n) is 10.3. The Morgan fingerprint density at radius 3 is 2.29 bits per heavy atom. The normalized spacial score (nSPS) is 21.9. The maximum Gasteiger partial charge on any atom is 0.498 e. The summed E-state index contributed by atoms with van der Waals surface area (Å²) in [4.78, 5) is 3.75. The summed E-state index contributed by atoms with van der Waals surface area (Å²) in [5.41, 5.74) is -0.536. The van der Waals surface area contributed by atoms with Crippen molar-refractivity contribution >= 4 is 24.2 Å². The van der Waals surface area contributed by atoms with E-state index in [1.807, 2.05) is 27.7 Å². The highest BCUT2D eigenvalue weighted by Gasteiger charge is 2.52. The molecule has 6 heteroatoms. The molecule has 0 aromatic carbocycles. The van der Waals surface area contributed by atoms with E-state index in [0.717, 1.165) is 6.20 Å². The first-order valence-corrected chi connectivity index (χ1v) is 5.77. The molecular formula is C11H14BClFNO2. The van der Waals surface area contributed by atoms with Crippen molar-refractivity contribution in [2.45, 2.75) is 38.9 Å². The van der Waals surface area contributed by atoms with Crippen LogP contribution in [0.15, 0.2) is 12.3 Å². The number of pyridine rings is 1. The molecule has 2 rings (SSSR count). The Balaban J connectivity index is 2.35. The zero-order valence-corrected chi connectivity index (χ0v) is 11.0. The van der Waals surface area contributed by atoms with Crippen LogP contribution in [-0.2, 0) is 9.31 Å². The predicted octanol–water partition coefficient (Wildman–Crippen LogP) is 2.17. The fourth-order valence-electron chi connectivity index (χ4n) is 1.57. The van der Waals surface area contributed by atoms with E-state index in [4.69, 9.17) is 20.9 Å². The van der Waals surface area contributed by atoms with Gasteiger partial charge in [0.2, 0.25) is 0 Å². The lowest BCUT2D eigenvalue weighted by Crippen LogP contribution is -2.41. The van der Waals surface area contributed by atoms with E-state index in [1.54, 1.807) is 0 Å². The average Bonchev–Trinajstić information content (AvgIpc) is 2.40. The molecule has 0 amide bonds. The van der Waals surface area contributed by atoms with Gasteiger partial charge in [0.15, 0.2) is 0 Å². The third kappa shape index (κ3) is 2.19. The van der Waals surface area contributed by atoms with Crippen LogP contribution in [0.4, 0.5) is 4.39 Å². The van der Waals surface area contributed by atoms with Gasteiger partial charge in [-0.15, -0.1) is 0 Å². The molecular weight excluding hydrogens is 243 g/mol. The first-order valence-electron chi connectivity index (χ1n) is 5.39. The topological polar surface area (TPSA) is 31.4 Å². The van der Waals surface area contributed by atoms with Gasteiger partial charge in [-0.1, -0.05) is 11.6 Å². The highest BCUT2D eigenvalue weighted by Crippen LogP contribution is 2.36. The molecule has 0 spiro atoms. The van der Waals surface area contributed by atoms with Gasteiger partial charge in [-0.05, 0) is 33.8 Å². The van der Waals surface area contributed by atoms with Crippen LogP contribution in [0.25, 0.3) is 0 Å². The van der Waals surface area contributed by atoms with Gasteiger partial charge in [-0.25, -0.2) is 9.37 Å². The van der Waals surface area contributed by atoms with Gasteiger partial charge in [0.05, 0.1) is 17.4 Å². The number of hydrogen-bond acceptors (Lipinski definition) is 3. The third-order valence-electron chi connectivity index (χ3n) is 3.34. The van der Waals surface area contributed by atoms with Gasteiger partial charge >= 0.3 is 7.12 Å². The van der Waals surface area contributed by atoms with Crippen LogP contribution in [0.1, 0.15) is 27.7 Å². The monoisotopic (exact) mass is 257 g/mol. The van der Waals surface area contributed by atoms with Crippen LogP contribution in [0.2, 0.25) is 5.15 Å². The zero-order chi connectivity index (χ0) is 12.8. The Hall–Kier alpha value is -0.645. The first kappa shape index (κ1) is 12.8. The molecule has 1 saturated heterocycles. The van der Waals surface area contributed by atoms with Crippen LogP contribution in [0.5, 0.6) is 0 Å².